The number of aromatic nitrogens is 4. The molecule has 1 atom stereocenters. The summed E-state index contributed by atoms with van der Waals surface area (Å²) in [6.07, 6.45) is 5.06. The molecule has 34 heavy (non-hydrogen) atoms. The second-order valence-electron chi connectivity index (χ2n) is 8.50. The van der Waals surface area contributed by atoms with E-state index in [-0.39, 0.29) is 11.6 Å². The summed E-state index contributed by atoms with van der Waals surface area (Å²) in [4.78, 5) is 21.1. The zero-order valence-electron chi connectivity index (χ0n) is 18.2. The lowest BCUT2D eigenvalue weighted by Crippen LogP contribution is -2.51. The van der Waals surface area contributed by atoms with Crippen LogP contribution in [0.1, 0.15) is 24.4 Å². The molecule has 0 radical (unpaired) electrons. The van der Waals surface area contributed by atoms with Crippen molar-refractivity contribution < 1.29 is 4.74 Å². The predicted molar refractivity (Wildman–Crippen MR) is 133 cm³/mol. The van der Waals surface area contributed by atoms with Gasteiger partial charge < -0.3 is 21.1 Å². The van der Waals surface area contributed by atoms with Crippen LogP contribution in [0.15, 0.2) is 64.8 Å². The van der Waals surface area contributed by atoms with E-state index in [4.69, 9.17) is 32.8 Å². The number of nitrogen functional groups attached to an aromatic ring is 1. The van der Waals surface area contributed by atoms with Gasteiger partial charge >= 0.3 is 0 Å². The Kier molecular flexibility index (Phi) is 5.20. The van der Waals surface area contributed by atoms with E-state index >= 15 is 0 Å². The molecule has 172 valence electrons. The molecule has 10 heteroatoms. The average Bonchev–Trinajstić information content (AvgIpc) is 3.13. The Bertz CT molecular complexity index is 1390. The van der Waals surface area contributed by atoms with Gasteiger partial charge in [-0.25, -0.2) is 19.9 Å². The summed E-state index contributed by atoms with van der Waals surface area (Å²) in [7, 11) is 0. The van der Waals surface area contributed by atoms with Gasteiger partial charge in [-0.3, -0.25) is 0 Å². The maximum absolute atomic E-state index is 6.60. The van der Waals surface area contributed by atoms with Gasteiger partial charge in [0.05, 0.1) is 17.3 Å². The van der Waals surface area contributed by atoms with Crippen molar-refractivity contribution in [2.75, 3.05) is 23.7 Å². The summed E-state index contributed by atoms with van der Waals surface area (Å²) in [5.41, 5.74) is 14.5. The van der Waals surface area contributed by atoms with Crippen LogP contribution in [-0.2, 0) is 0 Å². The largest absolute Gasteiger partial charge is 0.485 e. The van der Waals surface area contributed by atoms with E-state index in [9.17, 15) is 0 Å². The maximum Gasteiger partial charge on any atom is 0.179 e. The summed E-state index contributed by atoms with van der Waals surface area (Å²) < 4.78 is 6.36. The SMILES string of the molecule is Nc1nccc(Sc2ccc3nc(N4CCC5(CC4)Oc4ccccc4C5N)cnc3n2)c1Cl. The van der Waals surface area contributed by atoms with Crippen molar-refractivity contribution in [3.8, 4) is 5.75 Å². The molecule has 4 N–H and O–H groups in total. The first-order valence-electron chi connectivity index (χ1n) is 11.0. The zero-order chi connectivity index (χ0) is 23.3. The highest BCUT2D eigenvalue weighted by Gasteiger charge is 2.48. The van der Waals surface area contributed by atoms with Gasteiger partial charge in [-0.1, -0.05) is 41.6 Å². The van der Waals surface area contributed by atoms with Gasteiger partial charge in [0.1, 0.15) is 33.5 Å². The number of hydrogen-bond acceptors (Lipinski definition) is 9. The summed E-state index contributed by atoms with van der Waals surface area (Å²) in [6, 6.07) is 13.6. The van der Waals surface area contributed by atoms with Crippen LogP contribution in [0.3, 0.4) is 0 Å². The van der Waals surface area contributed by atoms with Gasteiger partial charge in [-0.2, -0.15) is 0 Å². The number of ether oxygens (including phenoxy) is 1. The van der Waals surface area contributed by atoms with E-state index in [1.807, 2.05) is 36.4 Å². The smallest absolute Gasteiger partial charge is 0.179 e. The number of para-hydroxylation sites is 1. The number of nitrogens with zero attached hydrogens (tertiary/aromatic N) is 5. The molecule has 4 aromatic rings. The van der Waals surface area contributed by atoms with Crippen LogP contribution < -0.4 is 21.1 Å². The average molecular weight is 492 g/mol. The van der Waals surface area contributed by atoms with Crippen molar-refractivity contribution >= 4 is 46.2 Å². The van der Waals surface area contributed by atoms with Crippen molar-refractivity contribution in [1.82, 2.24) is 19.9 Å². The highest BCUT2D eigenvalue weighted by atomic mass is 35.5. The van der Waals surface area contributed by atoms with E-state index < -0.39 is 0 Å². The normalized spacial score (nSPS) is 18.8. The van der Waals surface area contributed by atoms with Gasteiger partial charge in [0.15, 0.2) is 5.65 Å². The molecule has 1 spiro atoms. The summed E-state index contributed by atoms with van der Waals surface area (Å²) in [6.45, 7) is 1.59. The fourth-order valence-corrected chi connectivity index (χ4v) is 5.69. The van der Waals surface area contributed by atoms with Crippen molar-refractivity contribution in [3.05, 3.63) is 65.4 Å². The number of hydrogen-bond donors (Lipinski definition) is 2. The van der Waals surface area contributed by atoms with Crippen molar-refractivity contribution in [3.63, 3.8) is 0 Å². The molecule has 5 heterocycles. The molecule has 6 rings (SSSR count). The van der Waals surface area contributed by atoms with E-state index in [2.05, 4.69) is 25.9 Å². The van der Waals surface area contributed by atoms with Crippen LogP contribution in [0.2, 0.25) is 5.02 Å². The first-order chi connectivity index (χ1) is 16.5. The standard InChI is InChI=1S/C24H22ClN7OS/c25-20-17(7-10-28-22(20)27)34-19-6-5-15-23(31-19)29-13-18(30-15)32-11-8-24(9-12-32)21(26)14-3-1-2-4-16(14)33-24/h1-7,10,13,21H,8-9,11-12,26H2,(H2,27,28). The quantitative estimate of drug-likeness (QED) is 0.434. The van der Waals surface area contributed by atoms with Crippen molar-refractivity contribution in [1.29, 1.82) is 0 Å². The Morgan fingerprint density at radius 3 is 2.71 bits per heavy atom. The predicted octanol–water partition coefficient (Wildman–Crippen LogP) is 4.24. The first-order valence-corrected chi connectivity index (χ1v) is 12.2. The molecule has 0 aliphatic carbocycles. The molecule has 8 nitrogen and oxygen atoms in total. The molecular formula is C24H22ClN7OS. The number of nitrogens with two attached hydrogens (primary N) is 2. The van der Waals surface area contributed by atoms with Gasteiger partial charge in [-0.05, 0) is 24.3 Å². The minimum atomic E-state index is -0.351. The van der Waals surface area contributed by atoms with Crippen LogP contribution in [0, 0.1) is 0 Å². The fourth-order valence-electron chi connectivity index (χ4n) is 4.64. The minimum absolute atomic E-state index is 0.113. The van der Waals surface area contributed by atoms with Crippen LogP contribution in [0.25, 0.3) is 11.2 Å². The Morgan fingerprint density at radius 1 is 1.06 bits per heavy atom. The van der Waals surface area contributed by atoms with Gasteiger partial charge in [0.2, 0.25) is 0 Å². The molecule has 0 saturated carbocycles. The van der Waals surface area contributed by atoms with Crippen molar-refractivity contribution in [2.24, 2.45) is 5.73 Å². The topological polar surface area (TPSA) is 116 Å². The van der Waals surface area contributed by atoms with Crippen molar-refractivity contribution in [2.45, 2.75) is 34.4 Å². The van der Waals surface area contributed by atoms with E-state index in [0.717, 1.165) is 58.5 Å². The van der Waals surface area contributed by atoms with E-state index in [1.165, 1.54) is 11.8 Å². The highest BCUT2D eigenvalue weighted by Crippen LogP contribution is 2.47. The molecule has 2 aliphatic rings. The number of halogens is 1. The number of fused-ring (bicyclic) bond motifs is 2. The van der Waals surface area contributed by atoms with Gasteiger partial charge in [0, 0.05) is 42.6 Å². The van der Waals surface area contributed by atoms with Gasteiger partial charge in [-0.15, -0.1) is 0 Å². The molecule has 0 amide bonds. The molecule has 0 bridgehead atoms. The first kappa shape index (κ1) is 21.4. The number of anilines is 2. The molecular weight excluding hydrogens is 470 g/mol. The number of pyridine rings is 2. The third kappa shape index (κ3) is 3.60. The molecule has 1 fully saturated rings. The van der Waals surface area contributed by atoms with E-state index in [0.29, 0.717) is 16.5 Å². The summed E-state index contributed by atoms with van der Waals surface area (Å²) in [5, 5.41) is 1.18. The second kappa shape index (κ2) is 8.26. The monoisotopic (exact) mass is 491 g/mol. The molecule has 1 saturated heterocycles. The fraction of sp³-hybridized carbons (Fsp3) is 0.250. The van der Waals surface area contributed by atoms with E-state index in [1.54, 1.807) is 12.4 Å². The third-order valence-corrected chi connectivity index (χ3v) is 8.04. The van der Waals surface area contributed by atoms with Crippen LogP contribution in [-0.4, -0.2) is 38.6 Å². The lowest BCUT2D eigenvalue weighted by Gasteiger charge is -2.41. The van der Waals surface area contributed by atoms with Crippen LogP contribution in [0.5, 0.6) is 5.75 Å². The van der Waals surface area contributed by atoms with Crippen LogP contribution in [0.4, 0.5) is 11.6 Å². The van der Waals surface area contributed by atoms with Gasteiger partial charge in [0.25, 0.3) is 0 Å². The Morgan fingerprint density at radius 2 is 1.88 bits per heavy atom. The minimum Gasteiger partial charge on any atom is -0.485 e. The number of piperidine rings is 1. The Hall–Kier alpha value is -3.14. The number of benzene rings is 1. The second-order valence-corrected chi connectivity index (χ2v) is 9.94. The zero-order valence-corrected chi connectivity index (χ0v) is 19.8. The third-order valence-electron chi connectivity index (χ3n) is 6.53. The maximum atomic E-state index is 6.60. The Balaban J connectivity index is 1.18. The molecule has 1 aromatic carbocycles. The summed E-state index contributed by atoms with van der Waals surface area (Å²) in [5.74, 6) is 2.04. The lowest BCUT2D eigenvalue weighted by atomic mass is 9.83. The molecule has 1 unspecified atom stereocenters. The Labute approximate surface area is 205 Å². The van der Waals surface area contributed by atoms with Crippen LogP contribution >= 0.6 is 23.4 Å². The number of rotatable bonds is 3. The lowest BCUT2D eigenvalue weighted by molar-refractivity contribution is 0.0431. The summed E-state index contributed by atoms with van der Waals surface area (Å²) >= 11 is 7.68. The molecule has 2 aliphatic heterocycles. The molecule has 3 aromatic heterocycles. The highest BCUT2D eigenvalue weighted by molar-refractivity contribution is 7.99.